The molecule has 0 atom stereocenters. The largest absolute Gasteiger partial charge is 0.506 e. The summed E-state index contributed by atoms with van der Waals surface area (Å²) < 4.78 is 4.92. The Hall–Kier alpha value is -1.79. The molecule has 0 aliphatic carbocycles. The molecule has 0 unspecified atom stereocenters. The zero-order chi connectivity index (χ0) is 17.9. The monoisotopic (exact) mass is 368 g/mol. The molecule has 0 fully saturated rings. The molecule has 2 aromatic rings. The number of rotatable bonds is 5. The van der Waals surface area contributed by atoms with E-state index in [-0.39, 0.29) is 11.2 Å². The number of anilines is 1. The van der Waals surface area contributed by atoms with Crippen molar-refractivity contribution in [3.8, 4) is 5.75 Å². The van der Waals surface area contributed by atoms with Crippen molar-refractivity contribution in [1.82, 2.24) is 4.98 Å². The van der Waals surface area contributed by atoms with Crippen LogP contribution in [0.2, 0.25) is 5.02 Å². The molecule has 0 saturated heterocycles. The van der Waals surface area contributed by atoms with Gasteiger partial charge in [0.15, 0.2) is 0 Å². The molecule has 0 saturated carbocycles. The lowest BCUT2D eigenvalue weighted by atomic mass is 9.86. The van der Waals surface area contributed by atoms with Crippen molar-refractivity contribution in [3.05, 3.63) is 38.8 Å². The highest BCUT2D eigenvalue weighted by Gasteiger charge is 2.20. The second-order valence-corrected chi connectivity index (χ2v) is 7.58. The van der Waals surface area contributed by atoms with Gasteiger partial charge in [0.1, 0.15) is 5.75 Å². The zero-order valence-corrected chi connectivity index (χ0v) is 15.7. The number of nitrogens with zero attached hydrogens (tertiary/aromatic N) is 1. The van der Waals surface area contributed by atoms with E-state index in [2.05, 4.69) is 31.1 Å². The third-order valence-electron chi connectivity index (χ3n) is 3.36. The SMILES string of the molecule is CCOC(=O)c1nc(CNc2cc(C(C)(C)C)c(Cl)cc2O)cs1. The molecule has 0 aliphatic rings. The van der Waals surface area contributed by atoms with Gasteiger partial charge in [-0.15, -0.1) is 11.3 Å². The Labute approximate surface area is 150 Å². The third-order valence-corrected chi connectivity index (χ3v) is 4.54. The number of benzene rings is 1. The summed E-state index contributed by atoms with van der Waals surface area (Å²) >= 11 is 7.46. The number of ether oxygens (including phenoxy) is 1. The van der Waals surface area contributed by atoms with E-state index in [4.69, 9.17) is 16.3 Å². The van der Waals surface area contributed by atoms with Crippen LogP contribution in [-0.2, 0) is 16.7 Å². The van der Waals surface area contributed by atoms with Gasteiger partial charge in [-0.2, -0.15) is 0 Å². The highest BCUT2D eigenvalue weighted by Crippen LogP contribution is 2.37. The van der Waals surface area contributed by atoms with Crippen molar-refractivity contribution in [2.75, 3.05) is 11.9 Å². The van der Waals surface area contributed by atoms with E-state index < -0.39 is 5.97 Å². The Bertz CT molecular complexity index is 738. The molecule has 24 heavy (non-hydrogen) atoms. The van der Waals surface area contributed by atoms with Crippen LogP contribution in [0, 0.1) is 0 Å². The maximum Gasteiger partial charge on any atom is 0.367 e. The van der Waals surface area contributed by atoms with E-state index in [0.717, 1.165) is 5.56 Å². The molecule has 7 heteroatoms. The Morgan fingerprint density at radius 1 is 1.42 bits per heavy atom. The van der Waals surface area contributed by atoms with Gasteiger partial charge in [0.2, 0.25) is 5.01 Å². The molecular formula is C17H21ClN2O3S. The number of phenols is 1. The van der Waals surface area contributed by atoms with Gasteiger partial charge in [-0.05, 0) is 24.0 Å². The molecule has 130 valence electrons. The number of esters is 1. The van der Waals surface area contributed by atoms with E-state index >= 15 is 0 Å². The minimum absolute atomic E-state index is 0.0776. The summed E-state index contributed by atoms with van der Waals surface area (Å²) in [5.41, 5.74) is 2.08. The molecule has 0 amide bonds. The van der Waals surface area contributed by atoms with Crippen LogP contribution in [0.15, 0.2) is 17.5 Å². The lowest BCUT2D eigenvalue weighted by Gasteiger charge is -2.22. The van der Waals surface area contributed by atoms with E-state index in [0.29, 0.717) is 34.6 Å². The van der Waals surface area contributed by atoms with Gasteiger partial charge in [-0.1, -0.05) is 32.4 Å². The fourth-order valence-corrected chi connectivity index (χ4v) is 3.29. The molecule has 1 aromatic heterocycles. The molecule has 2 N–H and O–H groups in total. The molecule has 0 radical (unpaired) electrons. The van der Waals surface area contributed by atoms with E-state index in [1.54, 1.807) is 12.3 Å². The van der Waals surface area contributed by atoms with E-state index in [9.17, 15) is 9.90 Å². The molecule has 1 heterocycles. The smallest absolute Gasteiger partial charge is 0.367 e. The van der Waals surface area contributed by atoms with Crippen LogP contribution < -0.4 is 5.32 Å². The molecule has 0 bridgehead atoms. The van der Waals surface area contributed by atoms with Gasteiger partial charge in [0, 0.05) is 16.5 Å². The standard InChI is InChI=1S/C17H21ClN2O3S/c1-5-23-16(22)15-20-10(9-24-15)8-19-13-6-11(17(2,3)4)12(18)7-14(13)21/h6-7,9,19,21H,5,8H2,1-4H3. The quantitative estimate of drug-likeness (QED) is 0.596. The minimum Gasteiger partial charge on any atom is -0.506 e. The summed E-state index contributed by atoms with van der Waals surface area (Å²) in [5.74, 6) is -0.341. The first kappa shape index (κ1) is 18.5. The minimum atomic E-state index is -0.418. The van der Waals surface area contributed by atoms with Gasteiger partial charge >= 0.3 is 5.97 Å². The summed E-state index contributed by atoms with van der Waals surface area (Å²) in [5, 5.41) is 15.9. The fraction of sp³-hybridized carbons (Fsp3) is 0.412. The number of nitrogens with one attached hydrogen (secondary N) is 1. The van der Waals surface area contributed by atoms with Crippen LogP contribution in [0.3, 0.4) is 0 Å². The number of hydrogen-bond donors (Lipinski definition) is 2. The van der Waals surface area contributed by atoms with Crippen LogP contribution in [0.25, 0.3) is 0 Å². The fourth-order valence-electron chi connectivity index (χ4n) is 2.14. The Morgan fingerprint density at radius 3 is 2.75 bits per heavy atom. The summed E-state index contributed by atoms with van der Waals surface area (Å²) in [7, 11) is 0. The van der Waals surface area contributed by atoms with Crippen LogP contribution in [0.1, 0.15) is 48.8 Å². The Kier molecular flexibility index (Phi) is 5.72. The molecular weight excluding hydrogens is 348 g/mol. The van der Waals surface area contributed by atoms with Gasteiger partial charge in [0.25, 0.3) is 0 Å². The number of carbonyl (C=O) groups is 1. The number of carbonyl (C=O) groups excluding carboxylic acids is 1. The maximum absolute atomic E-state index is 11.6. The molecule has 1 aromatic carbocycles. The molecule has 0 aliphatic heterocycles. The first-order valence-electron chi connectivity index (χ1n) is 7.60. The second-order valence-electron chi connectivity index (χ2n) is 6.32. The number of aromatic nitrogens is 1. The van der Waals surface area contributed by atoms with Crippen LogP contribution in [-0.4, -0.2) is 22.7 Å². The Morgan fingerprint density at radius 2 is 2.12 bits per heavy atom. The number of hydrogen-bond acceptors (Lipinski definition) is 6. The molecule has 0 spiro atoms. The average molecular weight is 369 g/mol. The van der Waals surface area contributed by atoms with E-state index in [1.807, 2.05) is 6.07 Å². The topological polar surface area (TPSA) is 71.5 Å². The number of phenolic OH excluding ortho intramolecular Hbond substituents is 1. The van der Waals surface area contributed by atoms with Gasteiger partial charge < -0.3 is 15.2 Å². The van der Waals surface area contributed by atoms with Crippen molar-refractivity contribution in [2.24, 2.45) is 0 Å². The van der Waals surface area contributed by atoms with Crippen molar-refractivity contribution in [3.63, 3.8) is 0 Å². The highest BCUT2D eigenvalue weighted by atomic mass is 35.5. The predicted molar refractivity (Wildman–Crippen MR) is 97.2 cm³/mol. The summed E-state index contributed by atoms with van der Waals surface area (Å²) in [4.78, 5) is 15.9. The lowest BCUT2D eigenvalue weighted by Crippen LogP contribution is -2.12. The maximum atomic E-state index is 11.6. The van der Waals surface area contributed by atoms with Crippen LogP contribution >= 0.6 is 22.9 Å². The summed E-state index contributed by atoms with van der Waals surface area (Å²) in [6, 6.07) is 3.38. The normalized spacial score (nSPS) is 11.4. The highest BCUT2D eigenvalue weighted by molar-refractivity contribution is 7.11. The van der Waals surface area contributed by atoms with Gasteiger partial charge in [0.05, 0.1) is 24.5 Å². The first-order chi connectivity index (χ1) is 11.2. The molecule has 2 rings (SSSR count). The summed E-state index contributed by atoms with van der Waals surface area (Å²) in [6.45, 7) is 8.63. The van der Waals surface area contributed by atoms with Crippen molar-refractivity contribution >= 4 is 34.6 Å². The zero-order valence-electron chi connectivity index (χ0n) is 14.1. The third kappa shape index (κ3) is 4.39. The predicted octanol–water partition coefficient (Wildman–Crippen LogP) is 4.59. The lowest BCUT2D eigenvalue weighted by molar-refractivity contribution is 0.0525. The number of aromatic hydroxyl groups is 1. The van der Waals surface area contributed by atoms with Crippen molar-refractivity contribution < 1.29 is 14.6 Å². The number of halogens is 1. The Balaban J connectivity index is 2.13. The van der Waals surface area contributed by atoms with Crippen LogP contribution in [0.4, 0.5) is 5.69 Å². The molecule has 5 nitrogen and oxygen atoms in total. The van der Waals surface area contributed by atoms with Gasteiger partial charge in [-0.25, -0.2) is 9.78 Å². The van der Waals surface area contributed by atoms with Gasteiger partial charge in [-0.3, -0.25) is 0 Å². The van der Waals surface area contributed by atoms with Crippen LogP contribution in [0.5, 0.6) is 5.75 Å². The van der Waals surface area contributed by atoms with Crippen molar-refractivity contribution in [1.29, 1.82) is 0 Å². The second kappa shape index (κ2) is 7.40. The first-order valence-corrected chi connectivity index (χ1v) is 8.86. The van der Waals surface area contributed by atoms with Crippen molar-refractivity contribution in [2.45, 2.75) is 39.7 Å². The summed E-state index contributed by atoms with van der Waals surface area (Å²) in [6.07, 6.45) is 0. The van der Waals surface area contributed by atoms with E-state index in [1.165, 1.54) is 17.4 Å². The number of thiazole rings is 1. The average Bonchev–Trinajstić information content (AvgIpc) is 2.94.